The Kier molecular flexibility index (Phi) is 7.07. The first-order valence-electron chi connectivity index (χ1n) is 11.3. The molecule has 0 fully saturated rings. The number of nitrogens with one attached hydrogen (secondary N) is 1. The number of halogens is 4. The standard InChI is InChI=1S/C26H26F4N4O/c1-33(2)11-9-32-25(35)22-4-3-5-23-21(22)7-10-34(23)24-15-17(6-8-31-24)12-18-13-19(26(28,29)30)16-20(27)14-18/h3-6,8,13-16H,7,9-12H2,1-2H3,(H,32,35). The molecular weight excluding hydrogens is 460 g/mol. The molecule has 0 unspecified atom stereocenters. The van der Waals surface area contributed by atoms with Crippen molar-refractivity contribution in [2.24, 2.45) is 0 Å². The third-order valence-corrected chi connectivity index (χ3v) is 5.90. The molecule has 2 heterocycles. The molecular formula is C26H26F4N4O. The quantitative estimate of drug-likeness (QED) is 0.487. The van der Waals surface area contributed by atoms with Crippen LogP contribution >= 0.6 is 0 Å². The molecule has 0 saturated heterocycles. The summed E-state index contributed by atoms with van der Waals surface area (Å²) in [6, 6.07) is 11.6. The van der Waals surface area contributed by atoms with Crippen molar-refractivity contribution in [2.75, 3.05) is 38.6 Å². The van der Waals surface area contributed by atoms with Crippen LogP contribution in [0.15, 0.2) is 54.7 Å². The molecule has 0 radical (unpaired) electrons. The highest BCUT2D eigenvalue weighted by Crippen LogP contribution is 2.36. The van der Waals surface area contributed by atoms with Gasteiger partial charge in [0, 0.05) is 37.1 Å². The van der Waals surface area contributed by atoms with Gasteiger partial charge in [0.15, 0.2) is 0 Å². The number of carbonyl (C=O) groups is 1. The number of rotatable bonds is 7. The smallest absolute Gasteiger partial charge is 0.351 e. The molecule has 1 aliphatic rings. The van der Waals surface area contributed by atoms with E-state index in [0.717, 1.165) is 29.9 Å². The number of aromatic nitrogens is 1. The van der Waals surface area contributed by atoms with E-state index in [1.165, 1.54) is 0 Å². The Labute approximate surface area is 201 Å². The van der Waals surface area contributed by atoms with Gasteiger partial charge in [0.2, 0.25) is 0 Å². The number of hydrogen-bond acceptors (Lipinski definition) is 4. The molecule has 2 aromatic carbocycles. The second-order valence-corrected chi connectivity index (χ2v) is 8.81. The van der Waals surface area contributed by atoms with E-state index >= 15 is 0 Å². The van der Waals surface area contributed by atoms with E-state index in [4.69, 9.17) is 0 Å². The van der Waals surface area contributed by atoms with Crippen molar-refractivity contribution in [2.45, 2.75) is 19.0 Å². The van der Waals surface area contributed by atoms with E-state index in [1.54, 1.807) is 24.4 Å². The highest BCUT2D eigenvalue weighted by molar-refractivity contribution is 5.98. The Morgan fingerprint density at radius 3 is 2.66 bits per heavy atom. The van der Waals surface area contributed by atoms with Gasteiger partial charge in [-0.25, -0.2) is 9.37 Å². The summed E-state index contributed by atoms with van der Waals surface area (Å²) in [5.74, 6) is -0.424. The Morgan fingerprint density at radius 1 is 1.11 bits per heavy atom. The molecule has 1 amide bonds. The first kappa shape index (κ1) is 24.7. The topological polar surface area (TPSA) is 48.5 Å². The average Bonchev–Trinajstić information content (AvgIpc) is 3.22. The lowest BCUT2D eigenvalue weighted by molar-refractivity contribution is -0.137. The molecule has 5 nitrogen and oxygen atoms in total. The molecule has 0 bridgehead atoms. The van der Waals surface area contributed by atoms with Crippen LogP contribution in [-0.4, -0.2) is 49.5 Å². The van der Waals surface area contributed by atoms with Gasteiger partial charge in [-0.05, 0) is 86.1 Å². The van der Waals surface area contributed by atoms with Crippen LogP contribution in [0.3, 0.4) is 0 Å². The summed E-state index contributed by atoms with van der Waals surface area (Å²) in [5, 5.41) is 2.95. The lowest BCUT2D eigenvalue weighted by Crippen LogP contribution is -2.31. The van der Waals surface area contributed by atoms with E-state index in [2.05, 4.69) is 10.3 Å². The average molecular weight is 487 g/mol. The summed E-state index contributed by atoms with van der Waals surface area (Å²) < 4.78 is 53.0. The molecule has 1 N–H and O–H groups in total. The van der Waals surface area contributed by atoms with E-state index in [1.807, 2.05) is 36.0 Å². The third-order valence-electron chi connectivity index (χ3n) is 5.90. The molecule has 35 heavy (non-hydrogen) atoms. The van der Waals surface area contributed by atoms with Gasteiger partial charge < -0.3 is 15.1 Å². The lowest BCUT2D eigenvalue weighted by Gasteiger charge is -2.20. The summed E-state index contributed by atoms with van der Waals surface area (Å²) in [6.45, 7) is 1.89. The predicted molar refractivity (Wildman–Crippen MR) is 126 cm³/mol. The van der Waals surface area contributed by atoms with Crippen LogP contribution in [0.5, 0.6) is 0 Å². The van der Waals surface area contributed by atoms with Gasteiger partial charge in [-0.3, -0.25) is 4.79 Å². The van der Waals surface area contributed by atoms with Crippen LogP contribution < -0.4 is 10.2 Å². The van der Waals surface area contributed by atoms with Crippen molar-refractivity contribution in [3.8, 4) is 0 Å². The summed E-state index contributed by atoms with van der Waals surface area (Å²) in [5.41, 5.74) is 2.36. The van der Waals surface area contributed by atoms with E-state index in [0.29, 0.717) is 42.5 Å². The fraction of sp³-hybridized carbons (Fsp3) is 0.308. The highest BCUT2D eigenvalue weighted by atomic mass is 19.4. The molecule has 0 atom stereocenters. The molecule has 0 spiro atoms. The number of hydrogen-bond donors (Lipinski definition) is 1. The number of amides is 1. The largest absolute Gasteiger partial charge is 0.416 e. The molecule has 4 rings (SSSR count). The van der Waals surface area contributed by atoms with E-state index < -0.39 is 17.6 Å². The number of likely N-dealkylation sites (N-methyl/N-ethyl adjacent to an activating group) is 1. The van der Waals surface area contributed by atoms with Gasteiger partial charge in [-0.15, -0.1) is 0 Å². The third kappa shape index (κ3) is 5.79. The Hall–Kier alpha value is -3.46. The maximum absolute atomic E-state index is 13.8. The molecule has 184 valence electrons. The fourth-order valence-electron chi connectivity index (χ4n) is 4.24. The monoisotopic (exact) mass is 486 g/mol. The SMILES string of the molecule is CN(C)CCNC(=O)c1cccc2c1CCN2c1cc(Cc2cc(F)cc(C(F)(F)F)c2)ccn1. The summed E-state index contributed by atoms with van der Waals surface area (Å²) in [7, 11) is 3.88. The normalized spacial score (nSPS) is 13.3. The highest BCUT2D eigenvalue weighted by Gasteiger charge is 2.31. The molecule has 0 aliphatic carbocycles. The fourth-order valence-corrected chi connectivity index (χ4v) is 4.24. The van der Waals surface area contributed by atoms with Crippen molar-refractivity contribution in [3.05, 3.63) is 88.4 Å². The van der Waals surface area contributed by atoms with E-state index in [-0.39, 0.29) is 17.9 Å². The van der Waals surface area contributed by atoms with Gasteiger partial charge >= 0.3 is 6.18 Å². The maximum atomic E-state index is 13.8. The Bertz CT molecular complexity index is 1230. The first-order chi connectivity index (χ1) is 16.6. The minimum absolute atomic E-state index is 0.126. The summed E-state index contributed by atoms with van der Waals surface area (Å²) in [6.07, 6.45) is -2.23. The van der Waals surface area contributed by atoms with Crippen LogP contribution in [0.4, 0.5) is 29.1 Å². The minimum Gasteiger partial charge on any atom is -0.351 e. The number of nitrogens with zero attached hydrogens (tertiary/aromatic N) is 3. The zero-order chi connectivity index (χ0) is 25.2. The summed E-state index contributed by atoms with van der Waals surface area (Å²) in [4.78, 5) is 21.2. The van der Waals surface area contributed by atoms with Gasteiger partial charge in [0.1, 0.15) is 11.6 Å². The van der Waals surface area contributed by atoms with Gasteiger partial charge in [-0.1, -0.05) is 6.07 Å². The number of anilines is 2. The van der Waals surface area contributed by atoms with Gasteiger partial charge in [0.25, 0.3) is 5.91 Å². The summed E-state index contributed by atoms with van der Waals surface area (Å²) >= 11 is 0. The number of benzene rings is 2. The van der Waals surface area contributed by atoms with Crippen LogP contribution in [0.1, 0.15) is 32.6 Å². The second kappa shape index (κ2) is 10.0. The van der Waals surface area contributed by atoms with Crippen molar-refractivity contribution >= 4 is 17.4 Å². The van der Waals surface area contributed by atoms with Crippen LogP contribution in [0, 0.1) is 5.82 Å². The zero-order valence-electron chi connectivity index (χ0n) is 19.5. The number of carbonyl (C=O) groups excluding carboxylic acids is 1. The first-order valence-corrected chi connectivity index (χ1v) is 11.3. The molecule has 9 heteroatoms. The van der Waals surface area contributed by atoms with E-state index in [9.17, 15) is 22.4 Å². The van der Waals surface area contributed by atoms with Crippen molar-refractivity contribution in [3.63, 3.8) is 0 Å². The molecule has 1 aliphatic heterocycles. The van der Waals surface area contributed by atoms with Crippen molar-refractivity contribution in [1.29, 1.82) is 0 Å². The molecule has 3 aromatic rings. The molecule has 0 saturated carbocycles. The second-order valence-electron chi connectivity index (χ2n) is 8.81. The lowest BCUT2D eigenvalue weighted by atomic mass is 10.0. The van der Waals surface area contributed by atoms with Crippen LogP contribution in [0.2, 0.25) is 0 Å². The Morgan fingerprint density at radius 2 is 1.91 bits per heavy atom. The van der Waals surface area contributed by atoms with Crippen LogP contribution in [0.25, 0.3) is 0 Å². The Balaban J connectivity index is 1.55. The number of alkyl halides is 3. The number of fused-ring (bicyclic) bond motifs is 1. The van der Waals surface area contributed by atoms with Crippen LogP contribution in [-0.2, 0) is 19.0 Å². The van der Waals surface area contributed by atoms with Crippen molar-refractivity contribution in [1.82, 2.24) is 15.2 Å². The van der Waals surface area contributed by atoms with Gasteiger partial charge in [-0.2, -0.15) is 13.2 Å². The maximum Gasteiger partial charge on any atom is 0.416 e. The molecule has 1 aromatic heterocycles. The zero-order valence-corrected chi connectivity index (χ0v) is 19.5. The predicted octanol–water partition coefficient (Wildman–Crippen LogP) is 4.82. The van der Waals surface area contributed by atoms with Gasteiger partial charge in [0.05, 0.1) is 5.56 Å². The van der Waals surface area contributed by atoms with Crippen molar-refractivity contribution < 1.29 is 22.4 Å². The number of pyridine rings is 1. The minimum atomic E-state index is -4.62.